The van der Waals surface area contributed by atoms with Gasteiger partial charge in [0, 0.05) is 90.7 Å². The van der Waals surface area contributed by atoms with E-state index in [2.05, 4.69) is 155 Å². The summed E-state index contributed by atoms with van der Waals surface area (Å²) in [6, 6.07) is 58.9. The summed E-state index contributed by atoms with van der Waals surface area (Å²) < 4.78 is 24.8. The fraction of sp³-hybridized carbons (Fsp3) is 0. The Balaban J connectivity index is 0.958. The second-order valence-corrected chi connectivity index (χ2v) is 14.2. The third-order valence-electron chi connectivity index (χ3n) is 10.9. The summed E-state index contributed by atoms with van der Waals surface area (Å²) in [5, 5.41) is 8.56. The van der Waals surface area contributed by atoms with E-state index in [-0.39, 0.29) is 0 Å². The van der Waals surface area contributed by atoms with E-state index in [0.29, 0.717) is 0 Å². The van der Waals surface area contributed by atoms with Crippen molar-refractivity contribution in [2.24, 2.45) is 0 Å². The van der Waals surface area contributed by atoms with Crippen LogP contribution in [0.1, 0.15) is 0 Å². The van der Waals surface area contributed by atoms with Gasteiger partial charge in [0.2, 0.25) is 0 Å². The first kappa shape index (κ1) is 30.7. The van der Waals surface area contributed by atoms with Crippen molar-refractivity contribution in [1.82, 2.24) is 0 Å². The average Bonchev–Trinajstić information content (AvgIpc) is 4.05. The third-order valence-corrected chi connectivity index (χ3v) is 10.9. The maximum absolute atomic E-state index is 6.63. The minimum Gasteiger partial charge on any atom is -0.464 e. The Kier molecular flexibility index (Phi) is 6.53. The molecule has 0 atom stereocenters. The number of hydrogen-bond acceptors (Lipinski definition) is 6. The molecule has 0 fully saturated rings. The van der Waals surface area contributed by atoms with Crippen LogP contribution in [0.25, 0.3) is 76.6 Å². The highest BCUT2D eigenvalue weighted by Crippen LogP contribution is 2.43. The van der Waals surface area contributed by atoms with Crippen LogP contribution in [0, 0.1) is 0 Å². The van der Waals surface area contributed by atoms with Crippen molar-refractivity contribution < 1.29 is 17.7 Å². The molecule has 12 rings (SSSR count). The number of nitrogens with zero attached hydrogens (tertiary/aromatic N) is 2. The number of furan rings is 4. The van der Waals surface area contributed by atoms with Crippen LogP contribution in [0.5, 0.6) is 0 Å². The second-order valence-electron chi connectivity index (χ2n) is 14.2. The van der Waals surface area contributed by atoms with Gasteiger partial charge in [-0.2, -0.15) is 0 Å². The fourth-order valence-electron chi connectivity index (χ4n) is 8.26. The number of benzene rings is 8. The maximum atomic E-state index is 6.63. The lowest BCUT2D eigenvalue weighted by Crippen LogP contribution is -2.09. The van der Waals surface area contributed by atoms with E-state index in [1.165, 1.54) is 0 Å². The number of rotatable bonds is 6. The Bertz CT molecular complexity index is 3210. The van der Waals surface area contributed by atoms with Gasteiger partial charge in [-0.1, -0.05) is 36.4 Å². The molecule has 0 aliphatic heterocycles. The monoisotopic (exact) mass is 722 g/mol. The zero-order valence-corrected chi connectivity index (χ0v) is 29.8. The first-order chi connectivity index (χ1) is 27.7. The molecule has 0 spiro atoms. The first-order valence-electron chi connectivity index (χ1n) is 18.6. The maximum Gasteiger partial charge on any atom is 0.137 e. The molecule has 264 valence electrons. The Hall–Kier alpha value is -7.70. The van der Waals surface area contributed by atoms with Crippen molar-refractivity contribution in [3.63, 3.8) is 0 Å². The largest absolute Gasteiger partial charge is 0.464 e. The smallest absolute Gasteiger partial charge is 0.137 e. The highest BCUT2D eigenvalue weighted by Gasteiger charge is 2.19. The molecule has 6 nitrogen and oxygen atoms in total. The Labute approximate surface area is 319 Å². The number of para-hydroxylation sites is 2. The van der Waals surface area contributed by atoms with E-state index in [1.54, 1.807) is 12.5 Å². The van der Waals surface area contributed by atoms with Gasteiger partial charge < -0.3 is 27.5 Å². The summed E-state index contributed by atoms with van der Waals surface area (Å²) in [4.78, 5) is 4.46. The lowest BCUT2D eigenvalue weighted by Gasteiger charge is -2.25. The van der Waals surface area contributed by atoms with Gasteiger partial charge in [-0.15, -0.1) is 0 Å². The molecule has 0 amide bonds. The van der Waals surface area contributed by atoms with Crippen molar-refractivity contribution in [2.75, 3.05) is 9.80 Å². The van der Waals surface area contributed by atoms with Gasteiger partial charge in [0.15, 0.2) is 0 Å². The predicted molar refractivity (Wildman–Crippen MR) is 227 cm³/mol. The zero-order valence-electron chi connectivity index (χ0n) is 29.8. The highest BCUT2D eigenvalue weighted by atomic mass is 16.3. The predicted octanol–water partition coefficient (Wildman–Crippen LogP) is 15.1. The lowest BCUT2D eigenvalue weighted by molar-refractivity contribution is 0.615. The normalized spacial score (nSPS) is 11.9. The van der Waals surface area contributed by atoms with E-state index in [1.807, 2.05) is 24.3 Å². The van der Waals surface area contributed by atoms with Gasteiger partial charge in [0.1, 0.15) is 33.5 Å². The van der Waals surface area contributed by atoms with Crippen molar-refractivity contribution in [2.45, 2.75) is 0 Å². The van der Waals surface area contributed by atoms with Crippen LogP contribution in [-0.4, -0.2) is 0 Å². The second kappa shape index (κ2) is 11.9. The third kappa shape index (κ3) is 4.83. The Morgan fingerprint density at radius 1 is 0.268 bits per heavy atom. The Morgan fingerprint density at radius 2 is 0.661 bits per heavy atom. The zero-order chi connectivity index (χ0) is 36.7. The molecule has 4 heterocycles. The topological polar surface area (TPSA) is 59.0 Å². The molecule has 56 heavy (non-hydrogen) atoms. The summed E-state index contributed by atoms with van der Waals surface area (Å²) in [5.41, 5.74) is 11.1. The molecule has 0 saturated heterocycles. The van der Waals surface area contributed by atoms with Gasteiger partial charge in [0.05, 0.1) is 12.5 Å². The molecule has 8 aromatic carbocycles. The van der Waals surface area contributed by atoms with Crippen molar-refractivity contribution in [1.29, 1.82) is 0 Å². The van der Waals surface area contributed by atoms with Crippen molar-refractivity contribution in [3.8, 4) is 0 Å². The van der Waals surface area contributed by atoms with Crippen LogP contribution in [-0.2, 0) is 0 Å². The SMILES string of the molecule is c1ccc(N(c2ccc3ccoc3c2)c2ccc3c(c2)oc2cc4cc5c(cc4cc23)oc2cc(N(c3ccccc3)c3ccc4ccoc4c3)ccc25)cc1. The molecule has 0 saturated carbocycles. The molecule has 4 aromatic heterocycles. The molecule has 12 aromatic rings. The van der Waals surface area contributed by atoms with Gasteiger partial charge in [-0.05, 0) is 120 Å². The minimum atomic E-state index is 0.823. The van der Waals surface area contributed by atoms with Crippen LogP contribution >= 0.6 is 0 Å². The minimum absolute atomic E-state index is 0.823. The summed E-state index contributed by atoms with van der Waals surface area (Å²) in [6.45, 7) is 0. The highest BCUT2D eigenvalue weighted by molar-refractivity contribution is 6.15. The van der Waals surface area contributed by atoms with Gasteiger partial charge >= 0.3 is 0 Å². The van der Waals surface area contributed by atoms with Gasteiger partial charge in [-0.3, -0.25) is 0 Å². The van der Waals surface area contributed by atoms with Crippen LogP contribution in [0.2, 0.25) is 0 Å². The molecular weight excluding hydrogens is 693 g/mol. The summed E-state index contributed by atoms with van der Waals surface area (Å²) in [7, 11) is 0. The summed E-state index contributed by atoms with van der Waals surface area (Å²) in [6.07, 6.45) is 3.46. The van der Waals surface area contributed by atoms with Gasteiger partial charge in [0.25, 0.3) is 0 Å². The molecule has 6 heteroatoms. The number of anilines is 6. The Morgan fingerprint density at radius 3 is 1.11 bits per heavy atom. The van der Waals surface area contributed by atoms with Gasteiger partial charge in [-0.25, -0.2) is 0 Å². The van der Waals surface area contributed by atoms with Crippen LogP contribution in [0.3, 0.4) is 0 Å². The lowest BCUT2D eigenvalue weighted by atomic mass is 10.0. The van der Waals surface area contributed by atoms with Crippen LogP contribution < -0.4 is 9.80 Å². The van der Waals surface area contributed by atoms with E-state index in [0.717, 1.165) is 111 Å². The standard InChI is InChI=1S/C50H30N2O4/c1-3-7-35(8-4-1)51(37-13-11-31-19-21-53-45(31)27-37)39-15-17-41-43-23-33-26-48-44(24-34(33)25-47(43)55-49(41)29-39)42-18-16-40(30-50(42)56-48)52(36-9-5-2-6-10-36)38-14-12-32-20-22-54-46(32)28-38/h1-30H. The quantitative estimate of drug-likeness (QED) is 0.170. The average molecular weight is 723 g/mol. The summed E-state index contributed by atoms with van der Waals surface area (Å²) in [5.74, 6) is 0. The molecule has 0 unspecified atom stereocenters. The van der Waals surface area contributed by atoms with Crippen LogP contribution in [0.15, 0.2) is 200 Å². The molecule has 0 radical (unpaired) electrons. The van der Waals surface area contributed by atoms with Crippen LogP contribution in [0.4, 0.5) is 34.1 Å². The van der Waals surface area contributed by atoms with E-state index < -0.39 is 0 Å². The number of hydrogen-bond donors (Lipinski definition) is 0. The van der Waals surface area contributed by atoms with E-state index >= 15 is 0 Å². The van der Waals surface area contributed by atoms with Crippen molar-refractivity contribution in [3.05, 3.63) is 182 Å². The first-order valence-corrected chi connectivity index (χ1v) is 18.6. The fourth-order valence-corrected chi connectivity index (χ4v) is 8.26. The summed E-state index contributed by atoms with van der Waals surface area (Å²) >= 11 is 0. The molecule has 0 aliphatic rings. The van der Waals surface area contributed by atoms with E-state index in [9.17, 15) is 0 Å². The molecule has 0 N–H and O–H groups in total. The molecule has 0 bridgehead atoms. The molecule has 0 aliphatic carbocycles. The number of fused-ring (bicyclic) bond motifs is 9. The molecular formula is C50H30N2O4. The van der Waals surface area contributed by atoms with E-state index in [4.69, 9.17) is 17.7 Å². The van der Waals surface area contributed by atoms with Crippen molar-refractivity contribution >= 4 is 111 Å².